The molecule has 11 nitrogen and oxygen atoms in total. The Hall–Kier alpha value is -3.46. The minimum Gasteiger partial charge on any atom is -0.447 e. The van der Waals surface area contributed by atoms with Crippen molar-refractivity contribution < 1.29 is 42.5 Å². The zero-order chi connectivity index (χ0) is 36.4. The minimum atomic E-state index is -2.10. The fraction of sp³-hybridized carbons (Fsp3) is 0.583. The van der Waals surface area contributed by atoms with Crippen molar-refractivity contribution in [3.05, 3.63) is 52.9 Å². The second-order valence-electron chi connectivity index (χ2n) is 15.0. The summed E-state index contributed by atoms with van der Waals surface area (Å²) >= 11 is 0.432. The van der Waals surface area contributed by atoms with Gasteiger partial charge in [0.1, 0.15) is 23.9 Å². The first-order valence-corrected chi connectivity index (χ1v) is 17.8. The first kappa shape index (κ1) is 36.3. The smallest absolute Gasteiger partial charge is 0.333 e. The number of methoxy groups -OCH3 is 1. The molecular formula is C36H44F2N4O7S. The number of carbonyl (C=O) groups excluding carboxylic acids is 4. The van der Waals surface area contributed by atoms with Crippen molar-refractivity contribution in [2.24, 2.45) is 34.3 Å². The number of aliphatic hydroxyl groups excluding tert-OH is 1. The molecule has 3 fully saturated rings. The number of alkyl halides is 2. The molecule has 0 spiro atoms. The quantitative estimate of drug-likeness (QED) is 0.196. The lowest BCUT2D eigenvalue weighted by atomic mass is 9.44. The number of fused-ring (bicyclic) bond motifs is 6. The number of amides is 1. The second-order valence-corrected chi connectivity index (χ2v) is 15.9. The number of thioether (sulfide) groups is 1. The number of allylic oxidation sites excluding steroid dienone is 1. The van der Waals surface area contributed by atoms with Gasteiger partial charge in [-0.1, -0.05) is 32.4 Å². The van der Waals surface area contributed by atoms with Crippen LogP contribution in [-0.4, -0.2) is 80.9 Å². The molecule has 50 heavy (non-hydrogen) atoms. The zero-order valence-corrected chi connectivity index (χ0v) is 29.6. The van der Waals surface area contributed by atoms with Gasteiger partial charge in [-0.3, -0.25) is 14.4 Å². The highest BCUT2D eigenvalue weighted by atomic mass is 32.2. The van der Waals surface area contributed by atoms with E-state index >= 15 is 4.39 Å². The average Bonchev–Trinajstić information content (AvgIpc) is 3.56. The summed E-state index contributed by atoms with van der Waals surface area (Å²) < 4.78 is 44.6. The molecule has 1 amide bonds. The van der Waals surface area contributed by atoms with Crippen LogP contribution in [0.1, 0.15) is 75.0 Å². The standard InChI is InChI=1S/C36H44F2N4O7S/c1-20-11-26-25-10-9-23-13-27-22(16-40-42(27)24-8-6-7-21(12-24)30(46)41-34(4,39)18-43)14-32(23,2)35(25,38)28(44)15-33(26,3)36(20,31(47)50-19-37)49-29(45)17-48-5/h6-8,12-13,16,18,20,25-26,28,44H,9-11,14-15,17,19,39H2,1-5H3,(H,41,46)/t20?,25?,26?,28?,32?,33?,34-,35?,36?/m0/s1. The van der Waals surface area contributed by atoms with Crippen molar-refractivity contribution >= 4 is 41.1 Å². The molecule has 14 heteroatoms. The van der Waals surface area contributed by atoms with Gasteiger partial charge in [0.25, 0.3) is 5.91 Å². The topological polar surface area (TPSA) is 163 Å². The summed E-state index contributed by atoms with van der Waals surface area (Å²) in [5.74, 6) is -3.00. The van der Waals surface area contributed by atoms with Crippen LogP contribution in [0.3, 0.4) is 0 Å². The van der Waals surface area contributed by atoms with E-state index in [1.54, 1.807) is 49.0 Å². The van der Waals surface area contributed by atoms with Crippen molar-refractivity contribution in [1.29, 1.82) is 0 Å². The SMILES string of the molecule is COCC(=O)OC1(C(=O)SCF)C(C)CC2C3CCC4=Cc5c(cnn5-c5cccc(C(=O)N[C@](C)(N)C=O)c5)CC4(C)C3(F)C(O)CC21C. The summed E-state index contributed by atoms with van der Waals surface area (Å²) in [6, 6.07) is 5.69. The number of nitrogens with two attached hydrogens (primary N) is 1. The van der Waals surface area contributed by atoms with Crippen LogP contribution < -0.4 is 11.1 Å². The third-order valence-electron chi connectivity index (χ3n) is 12.1. The highest BCUT2D eigenvalue weighted by Gasteiger charge is 2.77. The van der Waals surface area contributed by atoms with E-state index in [-0.39, 0.29) is 18.4 Å². The molecule has 0 bridgehead atoms. The molecule has 1 heterocycles. The van der Waals surface area contributed by atoms with Crippen molar-refractivity contribution in [2.75, 3.05) is 19.7 Å². The minimum absolute atomic E-state index is 0.163. The number of aldehydes is 1. The van der Waals surface area contributed by atoms with Crippen LogP contribution in [0.2, 0.25) is 0 Å². The fourth-order valence-electron chi connectivity index (χ4n) is 9.88. The van der Waals surface area contributed by atoms with E-state index < -0.39 is 81.2 Å². The van der Waals surface area contributed by atoms with Crippen LogP contribution in [0.25, 0.3) is 11.8 Å². The Morgan fingerprint density at radius 3 is 2.70 bits per heavy atom. The monoisotopic (exact) mass is 714 g/mol. The molecule has 9 atom stereocenters. The van der Waals surface area contributed by atoms with Crippen molar-refractivity contribution in [2.45, 2.75) is 82.8 Å². The Morgan fingerprint density at radius 1 is 1.28 bits per heavy atom. The third-order valence-corrected chi connectivity index (χ3v) is 12.8. The molecule has 1 aromatic carbocycles. The van der Waals surface area contributed by atoms with Gasteiger partial charge in [-0.05, 0) is 86.5 Å². The van der Waals surface area contributed by atoms with E-state index in [0.717, 1.165) is 16.8 Å². The Kier molecular flexibility index (Phi) is 9.19. The molecular weight excluding hydrogens is 670 g/mol. The van der Waals surface area contributed by atoms with Crippen LogP contribution in [0.4, 0.5) is 8.78 Å². The van der Waals surface area contributed by atoms with Crippen LogP contribution >= 0.6 is 11.8 Å². The lowest BCUT2D eigenvalue weighted by molar-refractivity contribution is -0.231. The summed E-state index contributed by atoms with van der Waals surface area (Å²) in [4.78, 5) is 50.8. The molecule has 4 aliphatic rings. The molecule has 4 N–H and O–H groups in total. The van der Waals surface area contributed by atoms with Crippen LogP contribution in [0.5, 0.6) is 0 Å². The summed E-state index contributed by atoms with van der Waals surface area (Å²) in [5.41, 5.74) is 1.26. The number of ether oxygens (including phenoxy) is 2. The van der Waals surface area contributed by atoms with Gasteiger partial charge in [0.2, 0.25) is 5.12 Å². The van der Waals surface area contributed by atoms with Gasteiger partial charge in [-0.2, -0.15) is 5.10 Å². The number of nitrogens with zero attached hydrogens (tertiary/aromatic N) is 2. The fourth-order valence-corrected chi connectivity index (χ4v) is 10.7. The van der Waals surface area contributed by atoms with Gasteiger partial charge in [0.15, 0.2) is 11.9 Å². The lowest BCUT2D eigenvalue weighted by Crippen LogP contribution is -2.70. The Morgan fingerprint density at radius 2 is 2.02 bits per heavy atom. The number of aliphatic hydroxyl groups is 1. The van der Waals surface area contributed by atoms with Gasteiger partial charge in [0.05, 0.1) is 23.7 Å². The maximum atomic E-state index is 18.3. The van der Waals surface area contributed by atoms with Crippen LogP contribution in [0.15, 0.2) is 36.0 Å². The normalized spacial score (nSPS) is 35.3. The Balaban J connectivity index is 1.35. The number of hydrogen-bond acceptors (Lipinski definition) is 10. The van der Waals surface area contributed by atoms with E-state index in [1.807, 2.05) is 13.0 Å². The summed E-state index contributed by atoms with van der Waals surface area (Å²) in [7, 11) is 1.33. The third kappa shape index (κ3) is 5.19. The molecule has 4 aliphatic carbocycles. The van der Waals surface area contributed by atoms with Gasteiger partial charge in [-0.25, -0.2) is 18.3 Å². The number of halogens is 2. The molecule has 2 aromatic rings. The highest BCUT2D eigenvalue weighted by Crippen LogP contribution is 2.72. The average molecular weight is 715 g/mol. The van der Waals surface area contributed by atoms with Crippen molar-refractivity contribution in [3.8, 4) is 5.69 Å². The molecule has 0 aliphatic heterocycles. The lowest BCUT2D eigenvalue weighted by Gasteiger charge is -2.63. The first-order valence-electron chi connectivity index (χ1n) is 16.8. The predicted molar refractivity (Wildman–Crippen MR) is 181 cm³/mol. The van der Waals surface area contributed by atoms with Crippen molar-refractivity contribution in [1.82, 2.24) is 15.1 Å². The summed E-state index contributed by atoms with van der Waals surface area (Å²) in [6.45, 7) is 6.37. The predicted octanol–water partition coefficient (Wildman–Crippen LogP) is 4.08. The van der Waals surface area contributed by atoms with Crippen LogP contribution in [-0.2, 0) is 30.3 Å². The molecule has 3 saturated carbocycles. The van der Waals surface area contributed by atoms with Crippen LogP contribution in [0, 0.1) is 28.6 Å². The molecule has 1 aromatic heterocycles. The molecule has 270 valence electrons. The molecule has 8 unspecified atom stereocenters. The van der Waals surface area contributed by atoms with E-state index in [2.05, 4.69) is 10.4 Å². The Bertz CT molecular complexity index is 1770. The number of nitrogens with one attached hydrogen (secondary N) is 1. The van der Waals surface area contributed by atoms with E-state index in [9.17, 15) is 28.7 Å². The first-order chi connectivity index (χ1) is 23.5. The zero-order valence-electron chi connectivity index (χ0n) is 28.8. The van der Waals surface area contributed by atoms with E-state index in [0.29, 0.717) is 43.0 Å². The molecule has 6 rings (SSSR count). The number of aromatic nitrogens is 2. The van der Waals surface area contributed by atoms with Crippen molar-refractivity contribution in [3.63, 3.8) is 0 Å². The maximum absolute atomic E-state index is 18.3. The number of esters is 1. The van der Waals surface area contributed by atoms with Gasteiger partial charge in [-0.15, -0.1) is 0 Å². The second kappa shape index (κ2) is 12.6. The maximum Gasteiger partial charge on any atom is 0.333 e. The summed E-state index contributed by atoms with van der Waals surface area (Å²) in [5, 5.41) is 18.5. The van der Waals surface area contributed by atoms with E-state index in [4.69, 9.17) is 15.2 Å². The summed E-state index contributed by atoms with van der Waals surface area (Å²) in [6.07, 6.45) is 3.84. The van der Waals surface area contributed by atoms with Gasteiger partial charge >= 0.3 is 5.97 Å². The molecule has 0 saturated heterocycles. The number of carbonyl (C=O) groups is 4. The number of hydrogen-bond donors (Lipinski definition) is 3. The van der Waals surface area contributed by atoms with Gasteiger partial charge < -0.3 is 25.6 Å². The van der Waals surface area contributed by atoms with E-state index in [1.165, 1.54) is 14.0 Å². The number of rotatable bonds is 9. The highest BCUT2D eigenvalue weighted by molar-refractivity contribution is 8.13. The largest absolute Gasteiger partial charge is 0.447 e. The van der Waals surface area contributed by atoms with Gasteiger partial charge in [0, 0.05) is 35.3 Å². The Labute approximate surface area is 293 Å². The number of benzene rings is 1. The molecule has 0 radical (unpaired) electrons.